The number of aromatic nitrogens is 2. The molecule has 0 unspecified atom stereocenters. The number of halogens is 1. The SMILES string of the molecule is O=C(CCc1nc(-c2cccs2)no1)NCCN1C(=O)S/C(=C\c2ccccc2F)C1=O. The summed E-state index contributed by atoms with van der Waals surface area (Å²) in [4.78, 5) is 43.0. The molecule has 164 valence electrons. The second-order valence-electron chi connectivity index (χ2n) is 6.69. The van der Waals surface area contributed by atoms with Gasteiger partial charge in [-0.1, -0.05) is 29.4 Å². The van der Waals surface area contributed by atoms with Gasteiger partial charge in [-0.15, -0.1) is 11.3 Å². The molecule has 0 bridgehead atoms. The molecule has 0 radical (unpaired) electrons. The van der Waals surface area contributed by atoms with Gasteiger partial charge < -0.3 is 9.84 Å². The minimum Gasteiger partial charge on any atom is -0.354 e. The maximum absolute atomic E-state index is 13.8. The van der Waals surface area contributed by atoms with Gasteiger partial charge in [-0.05, 0) is 35.4 Å². The van der Waals surface area contributed by atoms with Gasteiger partial charge in [-0.3, -0.25) is 19.3 Å². The fraction of sp³-hybridized carbons (Fsp3) is 0.190. The largest absolute Gasteiger partial charge is 0.354 e. The van der Waals surface area contributed by atoms with E-state index in [0.717, 1.165) is 21.5 Å². The maximum atomic E-state index is 13.8. The predicted octanol–water partition coefficient (Wildman–Crippen LogP) is 3.72. The summed E-state index contributed by atoms with van der Waals surface area (Å²) in [6, 6.07) is 9.76. The smallest absolute Gasteiger partial charge is 0.293 e. The van der Waals surface area contributed by atoms with Crippen molar-refractivity contribution in [2.45, 2.75) is 12.8 Å². The van der Waals surface area contributed by atoms with Crippen molar-refractivity contribution in [3.8, 4) is 10.7 Å². The summed E-state index contributed by atoms with van der Waals surface area (Å²) in [6.07, 6.45) is 1.76. The maximum Gasteiger partial charge on any atom is 0.293 e. The molecule has 0 spiro atoms. The number of rotatable bonds is 8. The van der Waals surface area contributed by atoms with Gasteiger partial charge in [0.15, 0.2) is 0 Å². The number of amides is 3. The summed E-state index contributed by atoms with van der Waals surface area (Å²) in [5, 5.41) is 8.01. The molecular weight excluding hydrogens is 455 g/mol. The highest BCUT2D eigenvalue weighted by Gasteiger charge is 2.34. The lowest BCUT2D eigenvalue weighted by molar-refractivity contribution is -0.124. The second-order valence-corrected chi connectivity index (χ2v) is 8.63. The minimum atomic E-state index is -0.510. The van der Waals surface area contributed by atoms with Gasteiger partial charge in [0, 0.05) is 31.5 Å². The average Bonchev–Trinajstić information content (AvgIpc) is 3.51. The Morgan fingerprint density at radius 2 is 2.06 bits per heavy atom. The number of nitrogens with one attached hydrogen (secondary N) is 1. The van der Waals surface area contributed by atoms with Crippen molar-refractivity contribution < 1.29 is 23.3 Å². The number of hydrogen-bond acceptors (Lipinski definition) is 8. The molecule has 1 N–H and O–H groups in total. The van der Waals surface area contributed by atoms with Crippen LogP contribution in [0.5, 0.6) is 0 Å². The molecule has 3 heterocycles. The molecule has 3 aromatic rings. The van der Waals surface area contributed by atoms with E-state index in [9.17, 15) is 18.8 Å². The van der Waals surface area contributed by atoms with Crippen molar-refractivity contribution in [1.82, 2.24) is 20.4 Å². The zero-order chi connectivity index (χ0) is 22.5. The number of carbonyl (C=O) groups excluding carboxylic acids is 3. The quantitative estimate of drug-likeness (QED) is 0.498. The van der Waals surface area contributed by atoms with E-state index in [1.807, 2.05) is 17.5 Å². The molecule has 0 saturated carbocycles. The second kappa shape index (κ2) is 9.88. The Morgan fingerprint density at radius 3 is 2.84 bits per heavy atom. The number of benzene rings is 1. The number of carbonyl (C=O) groups is 3. The molecule has 4 rings (SSSR count). The fourth-order valence-electron chi connectivity index (χ4n) is 2.90. The molecule has 8 nitrogen and oxygen atoms in total. The number of nitrogens with zero attached hydrogens (tertiary/aromatic N) is 3. The molecule has 0 aliphatic carbocycles. The lowest BCUT2D eigenvalue weighted by atomic mass is 10.2. The average molecular weight is 473 g/mol. The Labute approximate surface area is 190 Å². The van der Waals surface area contributed by atoms with Gasteiger partial charge in [0.1, 0.15) is 5.82 Å². The highest BCUT2D eigenvalue weighted by molar-refractivity contribution is 8.18. The normalized spacial score (nSPS) is 15.0. The topological polar surface area (TPSA) is 105 Å². The van der Waals surface area contributed by atoms with E-state index in [2.05, 4.69) is 15.5 Å². The first-order valence-corrected chi connectivity index (χ1v) is 11.3. The van der Waals surface area contributed by atoms with Crippen LogP contribution in [0.15, 0.2) is 51.2 Å². The molecule has 1 aliphatic heterocycles. The van der Waals surface area contributed by atoms with Gasteiger partial charge in [0.05, 0.1) is 9.78 Å². The van der Waals surface area contributed by atoms with Crippen LogP contribution in [-0.2, 0) is 16.0 Å². The molecule has 32 heavy (non-hydrogen) atoms. The summed E-state index contributed by atoms with van der Waals surface area (Å²) < 4.78 is 19.0. The van der Waals surface area contributed by atoms with Crippen LogP contribution in [0, 0.1) is 5.82 Å². The van der Waals surface area contributed by atoms with Gasteiger partial charge in [0.25, 0.3) is 11.1 Å². The van der Waals surface area contributed by atoms with Crippen molar-refractivity contribution in [3.05, 3.63) is 64.0 Å². The molecule has 1 aromatic carbocycles. The van der Waals surface area contributed by atoms with Crippen molar-refractivity contribution in [3.63, 3.8) is 0 Å². The highest BCUT2D eigenvalue weighted by Crippen LogP contribution is 2.32. The van der Waals surface area contributed by atoms with Gasteiger partial charge in [-0.2, -0.15) is 4.98 Å². The van der Waals surface area contributed by atoms with Gasteiger partial charge in [-0.25, -0.2) is 4.39 Å². The third-order valence-corrected chi connectivity index (χ3v) is 6.27. The molecule has 1 saturated heterocycles. The number of hydrogen-bond donors (Lipinski definition) is 1. The van der Waals surface area contributed by atoms with Crippen LogP contribution >= 0.6 is 23.1 Å². The Hall–Kier alpha value is -3.31. The molecule has 3 amide bonds. The summed E-state index contributed by atoms with van der Waals surface area (Å²) >= 11 is 2.24. The molecule has 1 aliphatic rings. The third kappa shape index (κ3) is 5.11. The first-order valence-electron chi connectivity index (χ1n) is 9.64. The van der Waals surface area contributed by atoms with Crippen LogP contribution in [0.2, 0.25) is 0 Å². The van der Waals surface area contributed by atoms with Crippen molar-refractivity contribution >= 4 is 46.2 Å². The Balaban J connectivity index is 1.24. The number of imide groups is 1. The highest BCUT2D eigenvalue weighted by atomic mass is 32.2. The van der Waals surface area contributed by atoms with E-state index in [4.69, 9.17) is 4.52 Å². The predicted molar refractivity (Wildman–Crippen MR) is 118 cm³/mol. The molecule has 1 fully saturated rings. The lowest BCUT2D eigenvalue weighted by Crippen LogP contribution is -2.37. The number of thiophene rings is 1. The summed E-state index contributed by atoms with van der Waals surface area (Å²) in [7, 11) is 0. The minimum absolute atomic E-state index is 0.0219. The molecule has 2 aromatic heterocycles. The van der Waals surface area contributed by atoms with Gasteiger partial charge >= 0.3 is 0 Å². The van der Waals surface area contributed by atoms with Gasteiger partial charge in [0.2, 0.25) is 17.6 Å². The Bertz CT molecular complexity index is 1180. The van der Waals surface area contributed by atoms with E-state index < -0.39 is 17.0 Å². The van der Waals surface area contributed by atoms with E-state index in [1.165, 1.54) is 29.5 Å². The van der Waals surface area contributed by atoms with E-state index in [1.54, 1.807) is 12.1 Å². The lowest BCUT2D eigenvalue weighted by Gasteiger charge is -2.12. The van der Waals surface area contributed by atoms with Crippen LogP contribution in [-0.4, -0.2) is 45.2 Å². The van der Waals surface area contributed by atoms with E-state index >= 15 is 0 Å². The van der Waals surface area contributed by atoms with E-state index in [-0.39, 0.29) is 42.3 Å². The first-order chi connectivity index (χ1) is 15.5. The van der Waals surface area contributed by atoms with E-state index in [0.29, 0.717) is 11.7 Å². The number of thioether (sulfide) groups is 1. The monoisotopic (exact) mass is 472 g/mol. The summed E-state index contributed by atoms with van der Waals surface area (Å²) in [6.45, 7) is 0.127. The Kier molecular flexibility index (Phi) is 6.76. The Morgan fingerprint density at radius 1 is 1.22 bits per heavy atom. The van der Waals surface area contributed by atoms with Crippen molar-refractivity contribution in [2.24, 2.45) is 0 Å². The van der Waals surface area contributed by atoms with Crippen LogP contribution in [0.1, 0.15) is 17.9 Å². The summed E-state index contributed by atoms with van der Waals surface area (Å²) in [5.74, 6) is -0.416. The van der Waals surface area contributed by atoms with Crippen molar-refractivity contribution in [2.75, 3.05) is 13.1 Å². The first kappa shape index (κ1) is 21.9. The fourth-order valence-corrected chi connectivity index (χ4v) is 4.41. The summed E-state index contributed by atoms with van der Waals surface area (Å²) in [5.41, 5.74) is 0.231. The molecule has 0 atom stereocenters. The van der Waals surface area contributed by atoms with Crippen LogP contribution in [0.4, 0.5) is 9.18 Å². The van der Waals surface area contributed by atoms with Crippen molar-refractivity contribution in [1.29, 1.82) is 0 Å². The standard InChI is InChI=1S/C21H17FN4O4S2/c22-14-5-2-1-4-13(14)12-16-20(28)26(21(29)32-16)10-9-23-17(27)7-8-18-24-19(25-30-18)15-6-3-11-31-15/h1-6,11-12H,7-10H2,(H,23,27)/b16-12-. The molecule has 11 heteroatoms. The zero-order valence-electron chi connectivity index (χ0n) is 16.6. The third-order valence-electron chi connectivity index (χ3n) is 4.50. The zero-order valence-corrected chi connectivity index (χ0v) is 18.2. The molecular formula is C21H17FN4O4S2. The number of aryl methyl sites for hydroxylation is 1. The van der Waals surface area contributed by atoms with Crippen LogP contribution in [0.3, 0.4) is 0 Å². The van der Waals surface area contributed by atoms with Crippen LogP contribution in [0.25, 0.3) is 16.8 Å². The van der Waals surface area contributed by atoms with Crippen LogP contribution < -0.4 is 5.32 Å².